The van der Waals surface area contributed by atoms with Crippen molar-refractivity contribution in [1.82, 2.24) is 0 Å². The molecule has 0 aliphatic rings. The number of hydrogen-bond donors (Lipinski definition) is 2. The minimum atomic E-state index is -1.00. The minimum Gasteiger partial charge on any atom is -0.494 e. The molecule has 134 valence electrons. The van der Waals surface area contributed by atoms with Gasteiger partial charge < -0.3 is 15.2 Å². The quantitative estimate of drug-likeness (QED) is 0.680. The normalized spacial score (nSPS) is 10.1. The second-order valence-corrected chi connectivity index (χ2v) is 5.73. The first-order chi connectivity index (χ1) is 13.0. The Morgan fingerprint density at radius 3 is 2.33 bits per heavy atom. The summed E-state index contributed by atoms with van der Waals surface area (Å²) in [6.07, 6.45) is 0. The number of carboxylic acids is 1. The third-order valence-corrected chi connectivity index (χ3v) is 4.04. The van der Waals surface area contributed by atoms with Crippen molar-refractivity contribution < 1.29 is 19.0 Å². The number of nitrogens with one attached hydrogen (secondary N) is 1. The summed E-state index contributed by atoms with van der Waals surface area (Å²) < 4.78 is 18.8. The second-order valence-electron chi connectivity index (χ2n) is 5.73. The molecule has 27 heavy (non-hydrogen) atoms. The summed E-state index contributed by atoms with van der Waals surface area (Å²) in [7, 11) is 1.40. The van der Waals surface area contributed by atoms with Crippen LogP contribution in [0.2, 0.25) is 0 Å². The van der Waals surface area contributed by atoms with Crippen LogP contribution in [0.15, 0.2) is 60.7 Å². The van der Waals surface area contributed by atoms with Gasteiger partial charge in [0.1, 0.15) is 6.07 Å². The molecule has 0 saturated carbocycles. The first-order valence-corrected chi connectivity index (χ1v) is 8.00. The van der Waals surface area contributed by atoms with Gasteiger partial charge in [0.25, 0.3) is 0 Å². The molecule has 0 bridgehead atoms. The third-order valence-electron chi connectivity index (χ3n) is 4.04. The lowest BCUT2D eigenvalue weighted by Gasteiger charge is -2.11. The average molecular weight is 362 g/mol. The molecular weight excluding hydrogens is 347 g/mol. The van der Waals surface area contributed by atoms with E-state index in [9.17, 15) is 14.4 Å². The monoisotopic (exact) mass is 362 g/mol. The molecule has 3 aromatic rings. The fourth-order valence-electron chi connectivity index (χ4n) is 2.62. The number of rotatable bonds is 5. The van der Waals surface area contributed by atoms with Gasteiger partial charge in [0.05, 0.1) is 23.9 Å². The molecule has 0 spiro atoms. The number of benzene rings is 3. The number of anilines is 2. The van der Waals surface area contributed by atoms with Gasteiger partial charge in [-0.25, -0.2) is 9.18 Å². The van der Waals surface area contributed by atoms with E-state index in [-0.39, 0.29) is 11.3 Å². The van der Waals surface area contributed by atoms with Crippen molar-refractivity contribution in [3.05, 3.63) is 77.6 Å². The number of hydrogen-bond acceptors (Lipinski definition) is 4. The summed E-state index contributed by atoms with van der Waals surface area (Å²) >= 11 is 0. The van der Waals surface area contributed by atoms with Crippen LogP contribution in [0.1, 0.15) is 15.9 Å². The molecule has 0 saturated heterocycles. The topological polar surface area (TPSA) is 82.3 Å². The number of nitriles is 1. The van der Waals surface area contributed by atoms with Crippen molar-refractivity contribution in [1.29, 1.82) is 5.26 Å². The average Bonchev–Trinajstić information content (AvgIpc) is 2.68. The van der Waals surface area contributed by atoms with Gasteiger partial charge in [-0.3, -0.25) is 0 Å². The first-order valence-electron chi connectivity index (χ1n) is 8.00. The van der Waals surface area contributed by atoms with Gasteiger partial charge in [0.2, 0.25) is 0 Å². The Bertz CT molecular complexity index is 1040. The van der Waals surface area contributed by atoms with Crippen LogP contribution < -0.4 is 10.1 Å². The van der Waals surface area contributed by atoms with Crippen molar-refractivity contribution in [3.63, 3.8) is 0 Å². The molecule has 2 N–H and O–H groups in total. The van der Waals surface area contributed by atoms with E-state index in [2.05, 4.69) is 11.4 Å². The molecule has 0 amide bonds. The number of nitrogens with zero attached hydrogens (tertiary/aromatic N) is 1. The van der Waals surface area contributed by atoms with Gasteiger partial charge >= 0.3 is 5.97 Å². The van der Waals surface area contributed by atoms with Crippen LogP contribution in [0.4, 0.5) is 15.8 Å². The lowest BCUT2D eigenvalue weighted by molar-refractivity contribution is 0.0697. The summed E-state index contributed by atoms with van der Waals surface area (Å²) in [6.45, 7) is 0. The molecule has 5 nitrogen and oxygen atoms in total. The van der Waals surface area contributed by atoms with Gasteiger partial charge in [0, 0.05) is 5.69 Å². The van der Waals surface area contributed by atoms with E-state index in [0.29, 0.717) is 28.1 Å². The Kier molecular flexibility index (Phi) is 5.04. The highest BCUT2D eigenvalue weighted by Gasteiger charge is 2.09. The van der Waals surface area contributed by atoms with E-state index in [0.717, 1.165) is 0 Å². The zero-order valence-corrected chi connectivity index (χ0v) is 14.4. The van der Waals surface area contributed by atoms with Crippen LogP contribution in [0.25, 0.3) is 11.1 Å². The Balaban J connectivity index is 1.89. The van der Waals surface area contributed by atoms with E-state index in [1.165, 1.54) is 31.4 Å². The highest BCUT2D eigenvalue weighted by atomic mass is 19.1. The number of ether oxygens (including phenoxy) is 1. The maximum absolute atomic E-state index is 13.9. The number of carbonyl (C=O) groups is 1. The fourth-order valence-corrected chi connectivity index (χ4v) is 2.62. The standard InChI is InChI=1S/C21H15FN2O3/c1-27-20-9-5-15(11-18(20)22)14-4-8-19(16(10-14)12-23)24-17-6-2-13(3-7-17)21(25)26/h2-11,24H,1H3,(H,25,26). The molecular formula is C21H15FN2O3. The van der Waals surface area contributed by atoms with Gasteiger partial charge in [-0.2, -0.15) is 5.26 Å². The fraction of sp³-hybridized carbons (Fsp3) is 0.0476. The predicted molar refractivity (Wildman–Crippen MR) is 99.8 cm³/mol. The van der Waals surface area contributed by atoms with Crippen LogP contribution in [-0.2, 0) is 0 Å². The maximum atomic E-state index is 13.9. The molecule has 0 heterocycles. The van der Waals surface area contributed by atoms with Gasteiger partial charge in [-0.05, 0) is 59.7 Å². The highest BCUT2D eigenvalue weighted by molar-refractivity contribution is 5.88. The molecule has 0 aromatic heterocycles. The molecule has 0 atom stereocenters. The number of halogens is 1. The number of aromatic carboxylic acids is 1. The van der Waals surface area contributed by atoms with Crippen LogP contribution in [0.3, 0.4) is 0 Å². The van der Waals surface area contributed by atoms with Crippen molar-refractivity contribution in [2.24, 2.45) is 0 Å². The Hall–Kier alpha value is -3.85. The highest BCUT2D eigenvalue weighted by Crippen LogP contribution is 2.29. The van der Waals surface area contributed by atoms with Crippen LogP contribution in [0, 0.1) is 17.1 Å². The van der Waals surface area contributed by atoms with Crippen LogP contribution in [-0.4, -0.2) is 18.2 Å². The first kappa shape index (κ1) is 18.0. The van der Waals surface area contributed by atoms with Crippen molar-refractivity contribution >= 4 is 17.3 Å². The Labute approximate surface area is 155 Å². The zero-order valence-electron chi connectivity index (χ0n) is 14.4. The third kappa shape index (κ3) is 3.88. The van der Waals surface area contributed by atoms with E-state index in [1.807, 2.05) is 0 Å². The SMILES string of the molecule is COc1ccc(-c2ccc(Nc3ccc(C(=O)O)cc3)c(C#N)c2)cc1F. The maximum Gasteiger partial charge on any atom is 0.335 e. The van der Waals surface area contributed by atoms with E-state index in [1.54, 1.807) is 36.4 Å². The smallest absolute Gasteiger partial charge is 0.335 e. The number of methoxy groups -OCH3 is 1. The van der Waals surface area contributed by atoms with Crippen molar-refractivity contribution in [2.75, 3.05) is 12.4 Å². The van der Waals surface area contributed by atoms with Crippen LogP contribution >= 0.6 is 0 Å². The molecule has 0 radical (unpaired) electrons. The second kappa shape index (κ2) is 7.58. The van der Waals surface area contributed by atoms with Crippen LogP contribution in [0.5, 0.6) is 5.75 Å². The predicted octanol–water partition coefficient (Wildman–Crippen LogP) is 4.81. The Morgan fingerprint density at radius 2 is 1.74 bits per heavy atom. The largest absolute Gasteiger partial charge is 0.494 e. The summed E-state index contributed by atoms with van der Waals surface area (Å²) in [5, 5.41) is 21.5. The van der Waals surface area contributed by atoms with Crippen molar-refractivity contribution in [2.45, 2.75) is 0 Å². The molecule has 3 aromatic carbocycles. The van der Waals surface area contributed by atoms with Crippen molar-refractivity contribution in [3.8, 4) is 22.9 Å². The summed E-state index contributed by atoms with van der Waals surface area (Å²) in [5.41, 5.74) is 3.10. The summed E-state index contributed by atoms with van der Waals surface area (Å²) in [5.74, 6) is -1.33. The lowest BCUT2D eigenvalue weighted by Crippen LogP contribution is -1.98. The Morgan fingerprint density at radius 1 is 1.07 bits per heavy atom. The molecule has 3 rings (SSSR count). The van der Waals surface area contributed by atoms with Gasteiger partial charge in [-0.15, -0.1) is 0 Å². The zero-order chi connectivity index (χ0) is 19.4. The molecule has 0 fully saturated rings. The lowest BCUT2D eigenvalue weighted by atomic mass is 10.0. The summed E-state index contributed by atoms with van der Waals surface area (Å²) in [4.78, 5) is 10.9. The molecule has 6 heteroatoms. The van der Waals surface area contributed by atoms with Gasteiger partial charge in [0.15, 0.2) is 11.6 Å². The molecule has 0 unspecified atom stereocenters. The van der Waals surface area contributed by atoms with Gasteiger partial charge in [-0.1, -0.05) is 12.1 Å². The minimum absolute atomic E-state index is 0.155. The number of carboxylic acid groups (broad SMARTS) is 1. The van der Waals surface area contributed by atoms with E-state index in [4.69, 9.17) is 9.84 Å². The van der Waals surface area contributed by atoms with E-state index < -0.39 is 11.8 Å². The van der Waals surface area contributed by atoms with E-state index >= 15 is 0 Å². The summed E-state index contributed by atoms with van der Waals surface area (Å²) in [6, 6.07) is 18.1. The molecule has 0 aliphatic heterocycles. The molecule has 0 aliphatic carbocycles.